The van der Waals surface area contributed by atoms with Gasteiger partial charge in [0.25, 0.3) is 0 Å². The summed E-state index contributed by atoms with van der Waals surface area (Å²) in [6.07, 6.45) is 1.60. The Morgan fingerprint density at radius 2 is 1.94 bits per heavy atom. The first-order valence-electron chi connectivity index (χ1n) is 5.11. The summed E-state index contributed by atoms with van der Waals surface area (Å²) in [5.74, 6) is 0.692. The summed E-state index contributed by atoms with van der Waals surface area (Å²) in [5.41, 5.74) is 3.71. The van der Waals surface area contributed by atoms with Gasteiger partial charge in [0.1, 0.15) is 5.76 Å². The maximum atomic E-state index is 6.03. The van der Waals surface area contributed by atoms with Crippen LogP contribution in [0, 0.1) is 3.77 Å². The van der Waals surface area contributed by atoms with Crippen LogP contribution in [0.15, 0.2) is 39.9 Å². The van der Waals surface area contributed by atoms with Gasteiger partial charge in [-0.2, -0.15) is 5.10 Å². The molecule has 0 radical (unpaired) electrons. The second-order valence-electron chi connectivity index (χ2n) is 3.44. The second kappa shape index (κ2) is 6.45. The highest BCUT2D eigenvalue weighted by Crippen LogP contribution is 2.23. The van der Waals surface area contributed by atoms with E-state index in [1.54, 1.807) is 18.3 Å². The van der Waals surface area contributed by atoms with Crippen LogP contribution in [0.5, 0.6) is 0 Å². The number of halogens is 3. The summed E-state index contributed by atoms with van der Waals surface area (Å²) in [4.78, 5) is 0. The van der Waals surface area contributed by atoms with Crippen molar-refractivity contribution in [3.05, 3.63) is 55.5 Å². The zero-order chi connectivity index (χ0) is 13.0. The van der Waals surface area contributed by atoms with Gasteiger partial charge in [0, 0.05) is 15.6 Å². The van der Waals surface area contributed by atoms with E-state index in [-0.39, 0.29) is 0 Å². The Kier molecular flexibility index (Phi) is 4.91. The average molecular weight is 395 g/mol. The number of hydrogen-bond donors (Lipinski definition) is 1. The molecule has 0 bridgehead atoms. The van der Waals surface area contributed by atoms with Crippen LogP contribution in [0.4, 0.5) is 0 Å². The molecule has 0 amide bonds. The van der Waals surface area contributed by atoms with Gasteiger partial charge in [0.05, 0.1) is 12.8 Å². The fourth-order valence-corrected chi connectivity index (χ4v) is 2.30. The monoisotopic (exact) mass is 394 g/mol. The smallest absolute Gasteiger partial charge is 0.164 e. The summed E-state index contributed by atoms with van der Waals surface area (Å²) < 4.78 is 6.15. The summed E-state index contributed by atoms with van der Waals surface area (Å²) in [7, 11) is 0. The lowest BCUT2D eigenvalue weighted by molar-refractivity contribution is 0.530. The molecule has 0 unspecified atom stereocenters. The Labute approximate surface area is 128 Å². The van der Waals surface area contributed by atoms with E-state index in [1.807, 2.05) is 18.2 Å². The van der Waals surface area contributed by atoms with Crippen LogP contribution in [0.2, 0.25) is 10.0 Å². The Bertz CT molecular complexity index is 549. The van der Waals surface area contributed by atoms with Gasteiger partial charge in [0.15, 0.2) is 3.77 Å². The third-order valence-electron chi connectivity index (χ3n) is 2.19. The molecule has 1 aromatic heterocycles. The highest BCUT2D eigenvalue weighted by Gasteiger charge is 2.03. The third kappa shape index (κ3) is 3.63. The summed E-state index contributed by atoms with van der Waals surface area (Å²) >= 11 is 14.2. The topological polar surface area (TPSA) is 37.5 Å². The minimum atomic E-state index is 0.465. The van der Waals surface area contributed by atoms with Crippen LogP contribution in [0.1, 0.15) is 11.3 Å². The van der Waals surface area contributed by atoms with E-state index in [1.165, 1.54) is 0 Å². The number of benzene rings is 1. The fraction of sp³-hybridized carbons (Fsp3) is 0.0833. The lowest BCUT2D eigenvalue weighted by Crippen LogP contribution is -2.06. The standard InChI is InChI=1S/C12H9Cl2IN2O/c13-10-2-1-3-11(14)9(10)7-17-16-6-8-4-5-12(15)18-8/h1-6,17H,7H2/b16-6+. The van der Waals surface area contributed by atoms with Crippen LogP contribution >= 0.6 is 45.8 Å². The van der Waals surface area contributed by atoms with E-state index in [0.29, 0.717) is 22.4 Å². The van der Waals surface area contributed by atoms with Gasteiger partial charge in [-0.15, -0.1) is 0 Å². The zero-order valence-corrected chi connectivity index (χ0v) is 12.8. The quantitative estimate of drug-likeness (QED) is 0.476. The van der Waals surface area contributed by atoms with E-state index in [2.05, 4.69) is 33.1 Å². The first-order chi connectivity index (χ1) is 8.66. The van der Waals surface area contributed by atoms with Crippen LogP contribution in [-0.2, 0) is 6.54 Å². The molecule has 0 aliphatic carbocycles. The van der Waals surface area contributed by atoms with Crippen molar-refractivity contribution in [2.24, 2.45) is 5.10 Å². The molecule has 0 saturated carbocycles. The summed E-state index contributed by atoms with van der Waals surface area (Å²) in [5, 5.41) is 5.29. The maximum Gasteiger partial charge on any atom is 0.164 e. The van der Waals surface area contributed by atoms with Crippen molar-refractivity contribution in [3.63, 3.8) is 0 Å². The first kappa shape index (κ1) is 13.7. The van der Waals surface area contributed by atoms with Crippen LogP contribution in [0.3, 0.4) is 0 Å². The molecular weight excluding hydrogens is 386 g/mol. The second-order valence-corrected chi connectivity index (χ2v) is 5.31. The third-order valence-corrected chi connectivity index (χ3v) is 3.48. The fourth-order valence-electron chi connectivity index (χ4n) is 1.33. The van der Waals surface area contributed by atoms with Crippen molar-refractivity contribution in [1.82, 2.24) is 5.43 Å². The molecule has 0 spiro atoms. The molecule has 1 aromatic carbocycles. The van der Waals surface area contributed by atoms with E-state index >= 15 is 0 Å². The first-order valence-corrected chi connectivity index (χ1v) is 6.94. The number of hydrazone groups is 1. The van der Waals surface area contributed by atoms with E-state index < -0.39 is 0 Å². The number of rotatable bonds is 4. The molecule has 0 atom stereocenters. The van der Waals surface area contributed by atoms with Gasteiger partial charge >= 0.3 is 0 Å². The Balaban J connectivity index is 1.94. The normalized spacial score (nSPS) is 11.1. The average Bonchev–Trinajstić information content (AvgIpc) is 2.73. The van der Waals surface area contributed by atoms with Gasteiger partial charge < -0.3 is 9.84 Å². The van der Waals surface area contributed by atoms with E-state index in [4.69, 9.17) is 27.6 Å². The molecule has 0 saturated heterocycles. The van der Waals surface area contributed by atoms with Crippen molar-refractivity contribution < 1.29 is 4.42 Å². The SMILES string of the molecule is Clc1cccc(Cl)c1CN/N=C/c1ccc(I)o1. The maximum absolute atomic E-state index is 6.03. The van der Waals surface area contributed by atoms with Gasteiger partial charge in [-0.25, -0.2) is 0 Å². The van der Waals surface area contributed by atoms with Crippen LogP contribution < -0.4 is 5.43 Å². The predicted octanol–water partition coefficient (Wildman–Crippen LogP) is 4.31. The van der Waals surface area contributed by atoms with Crippen molar-refractivity contribution in [2.75, 3.05) is 0 Å². The summed E-state index contributed by atoms with van der Waals surface area (Å²) in [6, 6.07) is 9.11. The van der Waals surface area contributed by atoms with Gasteiger partial charge in [0.2, 0.25) is 0 Å². The number of furan rings is 1. The van der Waals surface area contributed by atoms with E-state index in [0.717, 1.165) is 9.33 Å². The molecule has 6 heteroatoms. The number of nitrogens with one attached hydrogen (secondary N) is 1. The zero-order valence-electron chi connectivity index (χ0n) is 9.16. The molecule has 0 aliphatic heterocycles. The molecule has 94 valence electrons. The lowest BCUT2D eigenvalue weighted by Gasteiger charge is -2.05. The summed E-state index contributed by atoms with van der Waals surface area (Å²) in [6.45, 7) is 0.465. The molecule has 0 aliphatic rings. The van der Waals surface area contributed by atoms with Crippen molar-refractivity contribution >= 4 is 52.0 Å². The van der Waals surface area contributed by atoms with Crippen LogP contribution in [-0.4, -0.2) is 6.21 Å². The van der Waals surface area contributed by atoms with Gasteiger partial charge in [-0.3, -0.25) is 0 Å². The Morgan fingerprint density at radius 3 is 2.56 bits per heavy atom. The Hall–Kier alpha value is -0.720. The van der Waals surface area contributed by atoms with E-state index in [9.17, 15) is 0 Å². The van der Waals surface area contributed by atoms with Gasteiger partial charge in [-0.1, -0.05) is 29.3 Å². The Morgan fingerprint density at radius 1 is 1.22 bits per heavy atom. The minimum absolute atomic E-state index is 0.465. The van der Waals surface area contributed by atoms with Crippen molar-refractivity contribution in [2.45, 2.75) is 6.54 Å². The highest BCUT2D eigenvalue weighted by molar-refractivity contribution is 14.1. The molecule has 3 nitrogen and oxygen atoms in total. The largest absolute Gasteiger partial charge is 0.449 e. The minimum Gasteiger partial charge on any atom is -0.449 e. The number of hydrogen-bond acceptors (Lipinski definition) is 3. The highest BCUT2D eigenvalue weighted by atomic mass is 127. The predicted molar refractivity (Wildman–Crippen MR) is 82.3 cm³/mol. The molecule has 1 heterocycles. The molecule has 18 heavy (non-hydrogen) atoms. The van der Waals surface area contributed by atoms with Gasteiger partial charge in [-0.05, 0) is 46.9 Å². The lowest BCUT2D eigenvalue weighted by atomic mass is 10.2. The van der Waals surface area contributed by atoms with Crippen molar-refractivity contribution in [3.8, 4) is 0 Å². The molecule has 0 fully saturated rings. The molecule has 1 N–H and O–H groups in total. The number of nitrogens with zero attached hydrogens (tertiary/aromatic N) is 1. The molecular formula is C12H9Cl2IN2O. The molecule has 2 aromatic rings. The van der Waals surface area contributed by atoms with Crippen molar-refractivity contribution in [1.29, 1.82) is 0 Å². The van der Waals surface area contributed by atoms with Crippen LogP contribution in [0.25, 0.3) is 0 Å². The molecule has 2 rings (SSSR count).